The van der Waals surface area contributed by atoms with E-state index in [9.17, 15) is 0 Å². The first-order valence-electron chi connectivity index (χ1n) is 1.47. The summed E-state index contributed by atoms with van der Waals surface area (Å²) < 4.78 is 4.62. The van der Waals surface area contributed by atoms with Crippen LogP contribution in [0.15, 0.2) is 5.25 Å². The van der Waals surface area contributed by atoms with Crippen molar-refractivity contribution in [3.05, 3.63) is 5.25 Å². The Morgan fingerprint density at radius 1 is 1.33 bits per heavy atom. The molecule has 0 N–H and O–H groups in total. The molecule has 50 valence electrons. The first-order chi connectivity index (χ1) is 2.89. The van der Waals surface area contributed by atoms with Crippen molar-refractivity contribution in [3.8, 4) is 0 Å². The van der Waals surface area contributed by atoms with Crippen molar-refractivity contribution in [1.29, 1.82) is 0 Å². The summed E-state index contributed by atoms with van der Waals surface area (Å²) >= 11 is 3.30. The number of rotatable bonds is 0. The Balaban J connectivity index is -0.000000120. The Labute approximate surface area is 111 Å². The van der Waals surface area contributed by atoms with Gasteiger partial charge >= 0.3 is 77.0 Å². The van der Waals surface area contributed by atoms with Gasteiger partial charge in [0.1, 0.15) is 0 Å². The fraction of sp³-hybridized carbons (Fsp3) is 0. The molecule has 0 spiro atoms. The topological polar surface area (TPSA) is 0 Å². The Bertz CT molecular complexity index is 111. The van der Waals surface area contributed by atoms with Crippen molar-refractivity contribution in [2.45, 2.75) is 0 Å². The van der Waals surface area contributed by atoms with Crippen molar-refractivity contribution < 1.29 is 61.9 Å². The predicted octanol–water partition coefficient (Wildman–Crippen LogP) is -9.97. The van der Waals surface area contributed by atoms with Crippen LogP contribution in [0, 0.1) is 0 Å². The molecule has 7 heteroatoms. The normalized spacial score (nSPS) is 12.4. The first kappa shape index (κ1) is 18.7. The van der Waals surface area contributed by atoms with E-state index in [1.165, 1.54) is 0 Å². The van der Waals surface area contributed by atoms with Gasteiger partial charge in [-0.3, -0.25) is 0 Å². The van der Waals surface area contributed by atoms with Crippen molar-refractivity contribution in [2.24, 2.45) is 0 Å². The summed E-state index contributed by atoms with van der Waals surface area (Å²) in [5.41, 5.74) is 0. The van der Waals surface area contributed by atoms with E-state index in [0.29, 0.717) is 47.0 Å². The van der Waals surface area contributed by atoms with Crippen molar-refractivity contribution in [1.82, 2.24) is 0 Å². The molecule has 1 aliphatic rings. The second-order valence-electron chi connectivity index (χ2n) is 0.859. The number of hydrogen-bond acceptors (Lipinski definition) is 0. The molecule has 1 rings (SSSR count). The molecular weight excluding hydrogens is 587 g/mol. The molecule has 0 amide bonds. The van der Waals surface area contributed by atoms with Gasteiger partial charge < -0.3 is 37.2 Å². The van der Waals surface area contributed by atoms with Crippen LogP contribution in [0.3, 0.4) is 0 Å². The van der Waals surface area contributed by atoms with Crippen LogP contribution in [0.1, 0.15) is 0 Å². The molecule has 0 radical (unpaired) electrons. The van der Waals surface area contributed by atoms with Crippen LogP contribution in [-0.2, 0) is 24.7 Å². The SMILES string of the molecule is [Cl-].[Cl-].[Cl-].[Zr+3][C]1=[CH][SbH][Sb]=[Sb]1. The van der Waals surface area contributed by atoms with Crippen LogP contribution in [0.25, 0.3) is 0 Å². The third kappa shape index (κ3) is 9.86. The molecule has 0 saturated carbocycles. The van der Waals surface area contributed by atoms with Gasteiger partial charge in [-0.25, -0.2) is 0 Å². The molecule has 0 aromatic heterocycles. The van der Waals surface area contributed by atoms with Gasteiger partial charge in [0, 0.05) is 0 Å². The van der Waals surface area contributed by atoms with E-state index in [4.69, 9.17) is 0 Å². The summed E-state index contributed by atoms with van der Waals surface area (Å²) in [6.45, 7) is 0. The molecule has 0 aliphatic carbocycles. The van der Waals surface area contributed by atoms with Gasteiger partial charge in [-0.05, 0) is 0 Å². The Morgan fingerprint density at radius 2 is 1.89 bits per heavy atom. The zero-order valence-corrected chi connectivity index (χ0v) is 16.8. The summed E-state index contributed by atoms with van der Waals surface area (Å²) in [5, 5.41) is 0. The molecule has 0 aromatic carbocycles. The fourth-order valence-electron chi connectivity index (χ4n) is 0.202. The van der Waals surface area contributed by atoms with Crippen LogP contribution in [0.4, 0.5) is 0 Å². The van der Waals surface area contributed by atoms with Gasteiger partial charge in [-0.15, -0.1) is 0 Å². The average molecular weight is 589 g/mol. The van der Waals surface area contributed by atoms with Crippen LogP contribution in [-0.4, -0.2) is 47.0 Å². The monoisotopic (exact) mass is 584 g/mol. The zero-order chi connectivity index (χ0) is 4.41. The second kappa shape index (κ2) is 11.9. The quantitative estimate of drug-likeness (QED) is 0.247. The van der Waals surface area contributed by atoms with E-state index in [1.54, 1.807) is 24.7 Å². The molecule has 0 fully saturated rings. The predicted molar refractivity (Wildman–Crippen MR) is 26.7 cm³/mol. The number of halogens is 3. The van der Waals surface area contributed by atoms with Crippen LogP contribution in [0.5, 0.6) is 0 Å². The summed E-state index contributed by atoms with van der Waals surface area (Å²) in [5.74, 6) is 0. The average Bonchev–Trinajstić information content (AvgIpc) is 1.86. The van der Waals surface area contributed by atoms with Crippen LogP contribution < -0.4 is 37.2 Å². The zero-order valence-electron chi connectivity index (χ0n) is 4.11. The van der Waals surface area contributed by atoms with E-state index in [0.717, 1.165) is 0 Å². The van der Waals surface area contributed by atoms with Crippen molar-refractivity contribution in [2.75, 3.05) is 0 Å². The van der Waals surface area contributed by atoms with Crippen LogP contribution in [0.2, 0.25) is 0 Å². The fourth-order valence-corrected chi connectivity index (χ4v) is 96.8. The van der Waals surface area contributed by atoms with E-state index in [1.807, 2.05) is 1.23 Å². The molecule has 0 bridgehead atoms. The van der Waals surface area contributed by atoms with Gasteiger partial charge in [-0.1, -0.05) is 0 Å². The Kier molecular flexibility index (Phi) is 24.8. The molecule has 9 heavy (non-hydrogen) atoms. The van der Waals surface area contributed by atoms with E-state index in [-0.39, 0.29) is 37.2 Å². The van der Waals surface area contributed by atoms with E-state index >= 15 is 0 Å². The number of hydrogen-bond donors (Lipinski definition) is 0. The van der Waals surface area contributed by atoms with Crippen molar-refractivity contribution >= 4 is 47.0 Å². The van der Waals surface area contributed by atoms with Crippen LogP contribution >= 0.6 is 0 Å². The third-order valence-electron chi connectivity index (χ3n) is 0.417. The molecule has 0 atom stereocenters. The molecule has 0 aromatic rings. The summed E-state index contributed by atoms with van der Waals surface area (Å²) in [6, 6.07) is 0. The molecule has 0 saturated heterocycles. The van der Waals surface area contributed by atoms with Gasteiger partial charge in [0.05, 0.1) is 0 Å². The minimum atomic E-state index is 0. The van der Waals surface area contributed by atoms with Gasteiger partial charge in [0.15, 0.2) is 0 Å². The first-order valence-corrected chi connectivity index (χ1v) is 24.3. The van der Waals surface area contributed by atoms with Gasteiger partial charge in [0.2, 0.25) is 0 Å². The minimum absolute atomic E-state index is 0. The molecule has 0 unspecified atom stereocenters. The summed E-state index contributed by atoms with van der Waals surface area (Å²) in [4.78, 5) is 0. The Hall–Kier alpha value is 3.95. The molecular formula is C2H2Cl3Sb3Zr. The Morgan fingerprint density at radius 3 is 2.00 bits per heavy atom. The molecule has 0 nitrogen and oxygen atoms in total. The standard InChI is InChI=1S/C2H.3ClH.3Sb.Zr.H/c1-2;;;;;;;;/h1H;3*1H;;;;;/q;;;;;;;+3;/p-3. The van der Waals surface area contributed by atoms with E-state index in [2.05, 4.69) is 4.02 Å². The van der Waals surface area contributed by atoms with E-state index < -0.39 is 0 Å². The summed E-state index contributed by atoms with van der Waals surface area (Å²) in [7, 11) is 0. The third-order valence-corrected chi connectivity index (χ3v) is 57.1. The van der Waals surface area contributed by atoms with Gasteiger partial charge in [-0.2, -0.15) is 0 Å². The molecule has 1 heterocycles. The maximum absolute atomic E-state index is 2.66. The van der Waals surface area contributed by atoms with Crippen molar-refractivity contribution in [3.63, 3.8) is 0 Å². The molecule has 1 aliphatic heterocycles. The second-order valence-corrected chi connectivity index (χ2v) is 47.6. The summed E-state index contributed by atoms with van der Waals surface area (Å²) in [6.07, 6.45) is 0. The maximum atomic E-state index is 2.66. The van der Waals surface area contributed by atoms with Gasteiger partial charge in [0.25, 0.3) is 0 Å².